The zero-order chi connectivity index (χ0) is 26.4. The lowest BCUT2D eigenvalue weighted by molar-refractivity contribution is -0.137. The van der Waals surface area contributed by atoms with Crippen molar-refractivity contribution in [1.29, 1.82) is 0 Å². The fraction of sp³-hybridized carbons (Fsp3) is 0.231. The summed E-state index contributed by atoms with van der Waals surface area (Å²) in [5, 5.41) is 10.8. The first-order chi connectivity index (χ1) is 16.8. The molecule has 0 fully saturated rings. The van der Waals surface area contributed by atoms with Gasteiger partial charge in [-0.1, -0.05) is 41.9 Å². The molecule has 1 heterocycles. The van der Waals surface area contributed by atoms with Crippen LogP contribution in [0.25, 0.3) is 11.6 Å². The average Bonchev–Trinajstić information content (AvgIpc) is 2.79. The Hall–Kier alpha value is -2.88. The van der Waals surface area contributed by atoms with E-state index < -0.39 is 44.6 Å². The highest BCUT2D eigenvalue weighted by molar-refractivity contribution is 7.92. The molecule has 2 unspecified atom stereocenters. The Kier molecular flexibility index (Phi) is 6.94. The van der Waals surface area contributed by atoms with Crippen LogP contribution in [0.2, 0.25) is 5.02 Å². The summed E-state index contributed by atoms with van der Waals surface area (Å²) in [5.74, 6) is -0.514. The molecular formula is C26H22ClF4NO3S. The first-order valence-corrected chi connectivity index (χ1v) is 12.8. The number of benzene rings is 3. The summed E-state index contributed by atoms with van der Waals surface area (Å²) < 4.78 is 82.3. The van der Waals surface area contributed by atoms with Gasteiger partial charge >= 0.3 is 6.18 Å². The summed E-state index contributed by atoms with van der Waals surface area (Å²) in [6.07, 6.45) is -4.00. The molecular weight excluding hydrogens is 518 g/mol. The summed E-state index contributed by atoms with van der Waals surface area (Å²) in [5.41, 5.74) is 0.867. The molecule has 0 bridgehead atoms. The first kappa shape index (κ1) is 26.2. The molecule has 0 aromatic heterocycles. The Bertz CT molecular complexity index is 1430. The van der Waals surface area contributed by atoms with Crippen LogP contribution in [-0.2, 0) is 22.6 Å². The maximum Gasteiger partial charge on any atom is 0.416 e. The van der Waals surface area contributed by atoms with Gasteiger partial charge in [0.1, 0.15) is 5.82 Å². The smallest absolute Gasteiger partial charge is 0.391 e. The Morgan fingerprint density at radius 2 is 1.81 bits per heavy atom. The van der Waals surface area contributed by atoms with Gasteiger partial charge in [-0.2, -0.15) is 13.2 Å². The molecule has 0 spiro atoms. The molecule has 1 N–H and O–H groups in total. The predicted octanol–water partition coefficient (Wildman–Crippen LogP) is 6.56. The molecule has 36 heavy (non-hydrogen) atoms. The molecule has 3 aromatic carbocycles. The Morgan fingerprint density at radius 1 is 1.11 bits per heavy atom. The second-order valence-corrected chi connectivity index (χ2v) is 10.9. The molecule has 3 aromatic rings. The van der Waals surface area contributed by atoms with Gasteiger partial charge in [0.15, 0.2) is 0 Å². The van der Waals surface area contributed by atoms with Crippen LogP contribution in [0.4, 0.5) is 23.2 Å². The molecule has 0 radical (unpaired) electrons. The Labute approximate surface area is 211 Å². The van der Waals surface area contributed by atoms with E-state index >= 15 is 0 Å². The van der Waals surface area contributed by atoms with E-state index in [1.807, 2.05) is 0 Å². The number of aliphatic hydroxyl groups excluding tert-OH is 1. The zero-order valence-corrected chi connectivity index (χ0v) is 20.8. The van der Waals surface area contributed by atoms with Gasteiger partial charge in [0.2, 0.25) is 0 Å². The number of sulfonamides is 1. The fourth-order valence-corrected chi connectivity index (χ4v) is 6.38. The highest BCUT2D eigenvalue weighted by Crippen LogP contribution is 2.38. The minimum absolute atomic E-state index is 0.160. The molecule has 2 atom stereocenters. The van der Waals surface area contributed by atoms with Crippen molar-refractivity contribution in [2.45, 2.75) is 43.5 Å². The largest absolute Gasteiger partial charge is 0.416 e. The van der Waals surface area contributed by atoms with Gasteiger partial charge in [-0.05, 0) is 66.9 Å². The van der Waals surface area contributed by atoms with Crippen LogP contribution in [0.1, 0.15) is 36.1 Å². The molecule has 190 valence electrons. The number of nitrogens with zero attached hydrogens (tertiary/aromatic N) is 1. The lowest BCUT2D eigenvalue weighted by atomic mass is 9.94. The van der Waals surface area contributed by atoms with E-state index in [1.54, 1.807) is 37.3 Å². The van der Waals surface area contributed by atoms with E-state index in [9.17, 15) is 31.1 Å². The average molecular weight is 540 g/mol. The van der Waals surface area contributed by atoms with E-state index in [4.69, 9.17) is 11.6 Å². The summed E-state index contributed by atoms with van der Waals surface area (Å²) in [7, 11) is -4.48. The summed E-state index contributed by atoms with van der Waals surface area (Å²) in [4.78, 5) is -0.542. The summed E-state index contributed by atoms with van der Waals surface area (Å²) in [6.45, 7) is 3.15. The van der Waals surface area contributed by atoms with Crippen molar-refractivity contribution in [1.82, 2.24) is 0 Å². The minimum atomic E-state index is -4.72. The predicted molar refractivity (Wildman–Crippen MR) is 132 cm³/mol. The van der Waals surface area contributed by atoms with Crippen molar-refractivity contribution in [3.8, 4) is 0 Å². The van der Waals surface area contributed by atoms with Crippen molar-refractivity contribution in [3.05, 3.63) is 93.8 Å². The number of alkyl halides is 3. The molecule has 1 aliphatic rings. The second-order valence-electron chi connectivity index (χ2n) is 8.65. The number of halogens is 5. The van der Waals surface area contributed by atoms with E-state index in [-0.39, 0.29) is 22.7 Å². The molecule has 1 aliphatic heterocycles. The van der Waals surface area contributed by atoms with Crippen molar-refractivity contribution in [2.75, 3.05) is 4.31 Å². The van der Waals surface area contributed by atoms with Gasteiger partial charge in [-0.15, -0.1) is 0 Å². The Morgan fingerprint density at radius 3 is 2.47 bits per heavy atom. The molecule has 10 heteroatoms. The van der Waals surface area contributed by atoms with Crippen molar-refractivity contribution in [2.24, 2.45) is 0 Å². The minimum Gasteiger partial charge on any atom is -0.391 e. The first-order valence-electron chi connectivity index (χ1n) is 11.0. The lowest BCUT2D eigenvalue weighted by Gasteiger charge is -2.39. The topological polar surface area (TPSA) is 57.6 Å². The number of allylic oxidation sites excluding steroid dienone is 1. The van der Waals surface area contributed by atoms with Gasteiger partial charge in [0.05, 0.1) is 33.3 Å². The highest BCUT2D eigenvalue weighted by atomic mass is 35.5. The van der Waals surface area contributed by atoms with Crippen molar-refractivity contribution < 1.29 is 31.1 Å². The van der Waals surface area contributed by atoms with Gasteiger partial charge in [-0.25, -0.2) is 12.8 Å². The SMILES string of the molecule is C/C(=C\c1ccc2c(c1)N(S(=O)(=O)c1cccc(C(F)(F)F)c1)C(C)C(O)C2)c1c(F)cccc1Cl. The number of anilines is 1. The third-order valence-corrected chi connectivity index (χ3v) is 8.37. The highest BCUT2D eigenvalue weighted by Gasteiger charge is 2.39. The standard InChI is InChI=1S/C26H22ClF4NO3S/c1-15(25-21(27)7-4-8-22(25)28)11-17-9-10-18-13-24(33)16(2)32(23(18)12-17)36(34,35)20-6-3-5-19(14-20)26(29,30)31/h3-12,14,16,24,33H,13H2,1-2H3/b15-11+. The van der Waals surface area contributed by atoms with Gasteiger partial charge in [-0.3, -0.25) is 4.31 Å². The fourth-order valence-electron chi connectivity index (χ4n) is 4.31. The molecule has 0 amide bonds. The lowest BCUT2D eigenvalue weighted by Crippen LogP contribution is -2.49. The number of hydrogen-bond donors (Lipinski definition) is 1. The summed E-state index contributed by atoms with van der Waals surface area (Å²) in [6, 6.07) is 11.7. The molecule has 0 aliphatic carbocycles. The molecule has 0 saturated carbocycles. The number of aliphatic hydroxyl groups is 1. The molecule has 4 nitrogen and oxygen atoms in total. The van der Waals surface area contributed by atoms with Gasteiger partial charge in [0.25, 0.3) is 10.0 Å². The van der Waals surface area contributed by atoms with Crippen LogP contribution in [0.3, 0.4) is 0 Å². The zero-order valence-electron chi connectivity index (χ0n) is 19.2. The third-order valence-electron chi connectivity index (χ3n) is 6.16. The summed E-state index contributed by atoms with van der Waals surface area (Å²) >= 11 is 6.16. The van der Waals surface area contributed by atoms with E-state index in [2.05, 4.69) is 0 Å². The van der Waals surface area contributed by atoms with Crippen molar-refractivity contribution >= 4 is 39.0 Å². The maximum absolute atomic E-state index is 14.4. The van der Waals surface area contributed by atoms with Gasteiger partial charge in [0, 0.05) is 12.0 Å². The van der Waals surface area contributed by atoms with Crippen LogP contribution in [0.15, 0.2) is 65.6 Å². The van der Waals surface area contributed by atoms with Gasteiger partial charge < -0.3 is 5.11 Å². The van der Waals surface area contributed by atoms with Crippen molar-refractivity contribution in [3.63, 3.8) is 0 Å². The number of fused-ring (bicyclic) bond motifs is 1. The monoisotopic (exact) mass is 539 g/mol. The van der Waals surface area contributed by atoms with E-state index in [0.717, 1.165) is 22.5 Å². The Balaban J connectivity index is 1.83. The van der Waals surface area contributed by atoms with Crippen LogP contribution in [-0.4, -0.2) is 25.7 Å². The molecule has 0 saturated heterocycles. The van der Waals surface area contributed by atoms with E-state index in [1.165, 1.54) is 19.1 Å². The number of hydrogen-bond acceptors (Lipinski definition) is 3. The van der Waals surface area contributed by atoms with Crippen LogP contribution >= 0.6 is 11.6 Å². The third kappa shape index (κ3) is 4.87. The molecule has 4 rings (SSSR count). The second kappa shape index (κ2) is 9.53. The van der Waals surface area contributed by atoms with Crippen LogP contribution < -0.4 is 4.31 Å². The van der Waals surface area contributed by atoms with E-state index in [0.29, 0.717) is 22.8 Å². The number of rotatable bonds is 4. The quantitative estimate of drug-likeness (QED) is 0.302. The van der Waals surface area contributed by atoms with Crippen LogP contribution in [0, 0.1) is 5.82 Å². The van der Waals surface area contributed by atoms with Crippen LogP contribution in [0.5, 0.6) is 0 Å². The normalized spacial score (nSPS) is 18.8. The maximum atomic E-state index is 14.4.